The van der Waals surface area contributed by atoms with Gasteiger partial charge in [-0.05, 0) is 69.6 Å². The van der Waals surface area contributed by atoms with Gasteiger partial charge < -0.3 is 29.4 Å². The van der Waals surface area contributed by atoms with Crippen molar-refractivity contribution in [2.45, 2.75) is 103 Å². The normalized spacial score (nSPS) is 15.3. The molecular formula is C27H39NO9. The number of ether oxygens (including phenoxy) is 4. The minimum Gasteiger partial charge on any atom is -0.480 e. The third-order valence-corrected chi connectivity index (χ3v) is 5.87. The molecule has 2 rings (SSSR count). The molecule has 37 heavy (non-hydrogen) atoms. The van der Waals surface area contributed by atoms with Crippen molar-refractivity contribution >= 4 is 24.1 Å². The maximum Gasteiger partial charge on any atom is 0.508 e. The zero-order valence-electron chi connectivity index (χ0n) is 22.0. The van der Waals surface area contributed by atoms with Crippen molar-refractivity contribution in [3.8, 4) is 11.5 Å². The molecule has 1 unspecified atom stereocenters. The molecule has 0 aromatic heterocycles. The number of benzene rings is 1. The molecule has 0 heterocycles. The number of nitrogens with one attached hydrogen (secondary N) is 1. The Balaban J connectivity index is 2.00. The highest BCUT2D eigenvalue weighted by Gasteiger charge is 2.23. The van der Waals surface area contributed by atoms with Gasteiger partial charge >= 0.3 is 24.1 Å². The van der Waals surface area contributed by atoms with E-state index < -0.39 is 36.2 Å². The molecule has 0 radical (unpaired) electrons. The Morgan fingerprint density at radius 2 is 1.59 bits per heavy atom. The van der Waals surface area contributed by atoms with Crippen molar-refractivity contribution in [2.75, 3.05) is 6.54 Å². The zero-order chi connectivity index (χ0) is 27.2. The van der Waals surface area contributed by atoms with Crippen LogP contribution in [0.1, 0.15) is 84.1 Å². The lowest BCUT2D eigenvalue weighted by Gasteiger charge is -2.23. The highest BCUT2D eigenvalue weighted by Crippen LogP contribution is 2.30. The van der Waals surface area contributed by atoms with Crippen LogP contribution in [-0.2, 0) is 30.3 Å². The van der Waals surface area contributed by atoms with Crippen molar-refractivity contribution < 1.29 is 43.2 Å². The standard InChI is InChI=1S/C27H39NO9/c1-4-9-24(29)36-22-14-13-19(16-23(22)37-25(30)10-5-2)15-21(26(31)32)28-17-18(3)34-27(33)35-20-11-7-6-8-12-20/h13-14,16,18,20-21,28H,4-12,15,17H2,1-3H3,(H,31,32)/t18?,21-/m0/s1. The van der Waals surface area contributed by atoms with Crippen LogP contribution in [0.2, 0.25) is 0 Å². The van der Waals surface area contributed by atoms with Gasteiger partial charge in [0.05, 0.1) is 0 Å². The van der Waals surface area contributed by atoms with Gasteiger partial charge in [0.1, 0.15) is 18.2 Å². The minimum atomic E-state index is -1.10. The quantitative estimate of drug-likeness (QED) is 0.265. The summed E-state index contributed by atoms with van der Waals surface area (Å²) in [4.78, 5) is 48.0. The Hall–Kier alpha value is -3.14. The molecule has 1 aromatic carbocycles. The lowest BCUT2D eigenvalue weighted by Crippen LogP contribution is -2.43. The van der Waals surface area contributed by atoms with Gasteiger partial charge in [-0.3, -0.25) is 14.4 Å². The molecule has 2 N–H and O–H groups in total. The molecule has 10 nitrogen and oxygen atoms in total. The Morgan fingerprint density at radius 1 is 0.973 bits per heavy atom. The molecule has 0 aliphatic heterocycles. The molecule has 1 aliphatic carbocycles. The molecule has 10 heteroatoms. The van der Waals surface area contributed by atoms with Gasteiger partial charge in [-0.1, -0.05) is 26.3 Å². The number of carbonyl (C=O) groups is 4. The number of hydrogen-bond acceptors (Lipinski definition) is 9. The molecule has 206 valence electrons. The van der Waals surface area contributed by atoms with E-state index in [1.54, 1.807) is 13.0 Å². The van der Waals surface area contributed by atoms with Gasteiger partial charge in [0.2, 0.25) is 0 Å². The fourth-order valence-corrected chi connectivity index (χ4v) is 3.94. The van der Waals surface area contributed by atoms with Crippen LogP contribution in [-0.4, -0.2) is 54.0 Å². The second-order valence-electron chi connectivity index (χ2n) is 9.29. The Kier molecular flexibility index (Phi) is 12.9. The van der Waals surface area contributed by atoms with Crippen LogP contribution in [0.3, 0.4) is 0 Å². The fraction of sp³-hybridized carbons (Fsp3) is 0.630. The van der Waals surface area contributed by atoms with Crippen LogP contribution < -0.4 is 14.8 Å². The van der Waals surface area contributed by atoms with E-state index in [1.807, 2.05) is 13.8 Å². The summed E-state index contributed by atoms with van der Waals surface area (Å²) in [5.41, 5.74) is 0.555. The van der Waals surface area contributed by atoms with Crippen LogP contribution in [0.4, 0.5) is 4.79 Å². The number of carboxylic acid groups (broad SMARTS) is 1. The molecule has 0 amide bonds. The average Bonchev–Trinajstić information content (AvgIpc) is 2.84. The summed E-state index contributed by atoms with van der Waals surface area (Å²) in [5.74, 6) is -1.87. The highest BCUT2D eigenvalue weighted by atomic mass is 16.7. The van der Waals surface area contributed by atoms with Crippen molar-refractivity contribution in [3.05, 3.63) is 23.8 Å². The molecule has 1 saturated carbocycles. The van der Waals surface area contributed by atoms with Gasteiger partial charge in [-0.15, -0.1) is 0 Å². The first kappa shape index (κ1) is 30.1. The summed E-state index contributed by atoms with van der Waals surface area (Å²) >= 11 is 0. The van der Waals surface area contributed by atoms with E-state index in [4.69, 9.17) is 18.9 Å². The van der Waals surface area contributed by atoms with E-state index in [9.17, 15) is 24.3 Å². The summed E-state index contributed by atoms with van der Waals surface area (Å²) < 4.78 is 21.3. The SMILES string of the molecule is CCCC(=O)Oc1ccc(C[C@H](NCC(C)OC(=O)OC2CCCCC2)C(=O)O)cc1OC(=O)CCC. The van der Waals surface area contributed by atoms with E-state index in [-0.39, 0.29) is 43.4 Å². The average molecular weight is 522 g/mol. The summed E-state index contributed by atoms with van der Waals surface area (Å²) in [6, 6.07) is 3.60. The van der Waals surface area contributed by atoms with E-state index in [0.717, 1.165) is 32.1 Å². The monoisotopic (exact) mass is 521 g/mol. The summed E-state index contributed by atoms with van der Waals surface area (Å²) in [5, 5.41) is 12.6. The van der Waals surface area contributed by atoms with Crippen LogP contribution in [0.25, 0.3) is 0 Å². The lowest BCUT2D eigenvalue weighted by atomic mass is 9.98. The Labute approximate surface area is 218 Å². The van der Waals surface area contributed by atoms with Crippen LogP contribution in [0, 0.1) is 0 Å². The topological polar surface area (TPSA) is 137 Å². The maximum atomic E-state index is 12.1. The number of carboxylic acids is 1. The minimum absolute atomic E-state index is 0.0517. The summed E-state index contributed by atoms with van der Waals surface area (Å²) in [6.07, 6.45) is 5.00. The third-order valence-electron chi connectivity index (χ3n) is 5.87. The van der Waals surface area contributed by atoms with Gasteiger partial charge in [0, 0.05) is 19.4 Å². The second kappa shape index (κ2) is 15.9. The van der Waals surface area contributed by atoms with Crippen LogP contribution >= 0.6 is 0 Å². The van der Waals surface area contributed by atoms with Gasteiger partial charge in [-0.2, -0.15) is 0 Å². The number of aliphatic carboxylic acids is 1. The summed E-state index contributed by atoms with van der Waals surface area (Å²) in [7, 11) is 0. The van der Waals surface area contributed by atoms with E-state index in [2.05, 4.69) is 5.32 Å². The molecule has 1 aromatic rings. The van der Waals surface area contributed by atoms with Gasteiger partial charge in [-0.25, -0.2) is 4.79 Å². The van der Waals surface area contributed by atoms with E-state index >= 15 is 0 Å². The fourth-order valence-electron chi connectivity index (χ4n) is 3.94. The predicted molar refractivity (Wildman–Crippen MR) is 135 cm³/mol. The molecule has 0 bridgehead atoms. The first-order valence-corrected chi connectivity index (χ1v) is 13.1. The van der Waals surface area contributed by atoms with Crippen molar-refractivity contribution in [3.63, 3.8) is 0 Å². The van der Waals surface area contributed by atoms with Gasteiger partial charge in [0.15, 0.2) is 11.5 Å². The Morgan fingerprint density at radius 3 is 2.19 bits per heavy atom. The molecule has 2 atom stereocenters. The largest absolute Gasteiger partial charge is 0.508 e. The van der Waals surface area contributed by atoms with Crippen molar-refractivity contribution in [2.24, 2.45) is 0 Å². The van der Waals surface area contributed by atoms with Crippen LogP contribution in [0.15, 0.2) is 18.2 Å². The number of esters is 2. The second-order valence-corrected chi connectivity index (χ2v) is 9.29. The first-order chi connectivity index (χ1) is 17.7. The van der Waals surface area contributed by atoms with Crippen LogP contribution in [0.5, 0.6) is 11.5 Å². The van der Waals surface area contributed by atoms with Gasteiger partial charge in [0.25, 0.3) is 0 Å². The Bertz CT molecular complexity index is 911. The molecule has 1 fully saturated rings. The molecular weight excluding hydrogens is 482 g/mol. The highest BCUT2D eigenvalue weighted by molar-refractivity contribution is 5.77. The van der Waals surface area contributed by atoms with E-state index in [1.165, 1.54) is 12.1 Å². The van der Waals surface area contributed by atoms with Crippen molar-refractivity contribution in [1.29, 1.82) is 0 Å². The third kappa shape index (κ3) is 11.2. The summed E-state index contributed by atoms with van der Waals surface area (Å²) in [6.45, 7) is 5.43. The first-order valence-electron chi connectivity index (χ1n) is 13.1. The van der Waals surface area contributed by atoms with E-state index in [0.29, 0.717) is 18.4 Å². The predicted octanol–water partition coefficient (Wildman–Crippen LogP) is 4.56. The number of rotatable bonds is 14. The smallest absolute Gasteiger partial charge is 0.480 e. The van der Waals surface area contributed by atoms with Crippen molar-refractivity contribution in [1.82, 2.24) is 5.32 Å². The zero-order valence-corrected chi connectivity index (χ0v) is 22.0. The maximum absolute atomic E-state index is 12.1. The number of hydrogen-bond donors (Lipinski definition) is 2. The molecule has 0 saturated heterocycles. The number of carbonyl (C=O) groups excluding carboxylic acids is 3. The lowest BCUT2D eigenvalue weighted by molar-refractivity contribution is -0.139. The molecule has 1 aliphatic rings. The molecule has 0 spiro atoms.